The van der Waals surface area contributed by atoms with Gasteiger partial charge in [0.15, 0.2) is 0 Å². The highest BCUT2D eigenvalue weighted by molar-refractivity contribution is 6.04. The lowest BCUT2D eigenvalue weighted by molar-refractivity contribution is 0.102. The SMILES string of the molecule is N#Cc1cccc(C(=O)Nc2ccc(N=Nc3ccccc3)cc2)c1. The molecule has 3 aromatic carbocycles. The van der Waals surface area contributed by atoms with E-state index < -0.39 is 0 Å². The molecule has 0 heterocycles. The molecule has 1 N–H and O–H groups in total. The highest BCUT2D eigenvalue weighted by Gasteiger charge is 2.06. The minimum absolute atomic E-state index is 0.268. The molecule has 3 rings (SSSR count). The van der Waals surface area contributed by atoms with Gasteiger partial charge in [-0.15, -0.1) is 0 Å². The molecule has 0 spiro atoms. The van der Waals surface area contributed by atoms with E-state index in [4.69, 9.17) is 5.26 Å². The normalized spacial score (nSPS) is 10.4. The van der Waals surface area contributed by atoms with Crippen molar-refractivity contribution in [2.24, 2.45) is 10.2 Å². The molecule has 5 nitrogen and oxygen atoms in total. The minimum Gasteiger partial charge on any atom is -0.322 e. The molecule has 120 valence electrons. The van der Waals surface area contributed by atoms with E-state index in [-0.39, 0.29) is 5.91 Å². The second kappa shape index (κ2) is 7.66. The van der Waals surface area contributed by atoms with Crippen molar-refractivity contribution in [3.63, 3.8) is 0 Å². The first-order valence-electron chi connectivity index (χ1n) is 7.63. The fraction of sp³-hybridized carbons (Fsp3) is 0. The van der Waals surface area contributed by atoms with Gasteiger partial charge in [0, 0.05) is 11.3 Å². The van der Waals surface area contributed by atoms with Crippen molar-refractivity contribution in [2.45, 2.75) is 0 Å². The summed E-state index contributed by atoms with van der Waals surface area (Å²) in [6.07, 6.45) is 0. The van der Waals surface area contributed by atoms with Crippen molar-refractivity contribution in [3.8, 4) is 6.07 Å². The third-order valence-electron chi connectivity index (χ3n) is 3.42. The fourth-order valence-electron chi connectivity index (χ4n) is 2.15. The van der Waals surface area contributed by atoms with Gasteiger partial charge < -0.3 is 5.32 Å². The average Bonchev–Trinajstić information content (AvgIpc) is 2.68. The number of carbonyl (C=O) groups is 1. The second-order valence-electron chi connectivity index (χ2n) is 5.23. The van der Waals surface area contributed by atoms with Crippen molar-refractivity contribution >= 4 is 23.0 Å². The van der Waals surface area contributed by atoms with Crippen LogP contribution in [0, 0.1) is 11.3 Å². The summed E-state index contributed by atoms with van der Waals surface area (Å²) in [6.45, 7) is 0. The van der Waals surface area contributed by atoms with Gasteiger partial charge >= 0.3 is 0 Å². The molecule has 0 unspecified atom stereocenters. The predicted molar refractivity (Wildman–Crippen MR) is 96.2 cm³/mol. The maximum atomic E-state index is 12.2. The number of rotatable bonds is 4. The molecule has 0 radical (unpaired) electrons. The van der Waals surface area contributed by atoms with Crippen LogP contribution in [0.5, 0.6) is 0 Å². The standard InChI is InChI=1S/C20H14N4O/c21-14-15-5-4-6-16(13-15)20(25)22-17-9-11-19(12-10-17)24-23-18-7-2-1-3-8-18/h1-13H,(H,22,25). The van der Waals surface area contributed by atoms with Crippen LogP contribution in [0.1, 0.15) is 15.9 Å². The summed E-state index contributed by atoms with van der Waals surface area (Å²) in [5.41, 5.74) is 2.99. The van der Waals surface area contributed by atoms with Gasteiger partial charge in [-0.1, -0.05) is 24.3 Å². The molecular formula is C20H14N4O. The Labute approximate surface area is 145 Å². The zero-order chi connectivity index (χ0) is 17.5. The fourth-order valence-corrected chi connectivity index (χ4v) is 2.15. The third-order valence-corrected chi connectivity index (χ3v) is 3.42. The molecule has 5 heteroatoms. The van der Waals surface area contributed by atoms with Gasteiger partial charge in [-0.2, -0.15) is 15.5 Å². The Kier molecular flexibility index (Phi) is 4.93. The van der Waals surface area contributed by atoms with Gasteiger partial charge in [0.2, 0.25) is 0 Å². The highest BCUT2D eigenvalue weighted by atomic mass is 16.1. The average molecular weight is 326 g/mol. The molecule has 3 aromatic rings. The number of carbonyl (C=O) groups excluding carboxylic acids is 1. The van der Waals surface area contributed by atoms with Gasteiger partial charge in [-0.3, -0.25) is 4.79 Å². The Bertz CT molecular complexity index is 941. The number of nitrogens with zero attached hydrogens (tertiary/aromatic N) is 3. The summed E-state index contributed by atoms with van der Waals surface area (Å²) in [5, 5.41) is 20.0. The largest absolute Gasteiger partial charge is 0.322 e. The van der Waals surface area contributed by atoms with Crippen LogP contribution in [-0.2, 0) is 0 Å². The van der Waals surface area contributed by atoms with Crippen LogP contribution in [-0.4, -0.2) is 5.91 Å². The second-order valence-corrected chi connectivity index (χ2v) is 5.23. The molecule has 0 aromatic heterocycles. The lowest BCUT2D eigenvalue weighted by Gasteiger charge is -2.05. The zero-order valence-corrected chi connectivity index (χ0v) is 13.3. The third kappa shape index (κ3) is 4.36. The molecule has 0 aliphatic rings. The molecule has 0 aliphatic carbocycles. The van der Waals surface area contributed by atoms with E-state index in [0.717, 1.165) is 5.69 Å². The highest BCUT2D eigenvalue weighted by Crippen LogP contribution is 2.20. The molecule has 0 saturated carbocycles. The van der Waals surface area contributed by atoms with Crippen LogP contribution in [0.2, 0.25) is 0 Å². The molecular weight excluding hydrogens is 312 g/mol. The van der Waals surface area contributed by atoms with Crippen molar-refractivity contribution in [3.05, 3.63) is 90.0 Å². The summed E-state index contributed by atoms with van der Waals surface area (Å²) in [7, 11) is 0. The number of azo groups is 1. The Morgan fingerprint density at radius 3 is 2.20 bits per heavy atom. The summed E-state index contributed by atoms with van der Waals surface area (Å²) in [6, 6.07) is 25.1. The van der Waals surface area contributed by atoms with Crippen LogP contribution in [0.4, 0.5) is 17.1 Å². The van der Waals surface area contributed by atoms with E-state index in [1.165, 1.54) is 0 Å². The molecule has 0 fully saturated rings. The zero-order valence-electron chi connectivity index (χ0n) is 13.3. The van der Waals surface area contributed by atoms with Gasteiger partial charge in [0.05, 0.1) is 23.0 Å². The van der Waals surface area contributed by atoms with Gasteiger partial charge in [0.25, 0.3) is 5.91 Å². The quantitative estimate of drug-likeness (QED) is 0.667. The number of hydrogen-bond donors (Lipinski definition) is 1. The molecule has 25 heavy (non-hydrogen) atoms. The van der Waals surface area contributed by atoms with Crippen molar-refractivity contribution < 1.29 is 4.79 Å². The lowest BCUT2D eigenvalue weighted by Crippen LogP contribution is -2.11. The van der Waals surface area contributed by atoms with Crippen LogP contribution >= 0.6 is 0 Å². The van der Waals surface area contributed by atoms with E-state index in [1.807, 2.05) is 36.4 Å². The monoisotopic (exact) mass is 326 g/mol. The Balaban J connectivity index is 1.67. The van der Waals surface area contributed by atoms with Crippen LogP contribution in [0.3, 0.4) is 0 Å². The molecule has 0 saturated heterocycles. The topological polar surface area (TPSA) is 77.6 Å². The molecule has 0 atom stereocenters. The molecule has 0 aliphatic heterocycles. The first kappa shape index (κ1) is 16.1. The summed E-state index contributed by atoms with van der Waals surface area (Å²) in [5.74, 6) is -0.268. The smallest absolute Gasteiger partial charge is 0.255 e. The van der Waals surface area contributed by atoms with Gasteiger partial charge in [-0.05, 0) is 54.6 Å². The number of amides is 1. The van der Waals surface area contributed by atoms with Crippen LogP contribution in [0.15, 0.2) is 89.1 Å². The van der Waals surface area contributed by atoms with E-state index in [2.05, 4.69) is 15.5 Å². The minimum atomic E-state index is -0.268. The van der Waals surface area contributed by atoms with E-state index in [1.54, 1.807) is 48.5 Å². The van der Waals surface area contributed by atoms with Gasteiger partial charge in [-0.25, -0.2) is 0 Å². The lowest BCUT2D eigenvalue weighted by atomic mass is 10.1. The van der Waals surface area contributed by atoms with E-state index in [0.29, 0.717) is 22.5 Å². The van der Waals surface area contributed by atoms with Crippen LogP contribution < -0.4 is 5.32 Å². The molecule has 1 amide bonds. The van der Waals surface area contributed by atoms with Crippen molar-refractivity contribution in [1.29, 1.82) is 5.26 Å². The molecule has 0 bridgehead atoms. The summed E-state index contributed by atoms with van der Waals surface area (Å²) in [4.78, 5) is 12.2. The number of anilines is 1. The van der Waals surface area contributed by atoms with Crippen molar-refractivity contribution in [1.82, 2.24) is 0 Å². The first-order chi connectivity index (χ1) is 12.2. The first-order valence-corrected chi connectivity index (χ1v) is 7.63. The Morgan fingerprint density at radius 2 is 1.52 bits per heavy atom. The maximum absolute atomic E-state index is 12.2. The van der Waals surface area contributed by atoms with E-state index in [9.17, 15) is 4.79 Å². The summed E-state index contributed by atoms with van der Waals surface area (Å²) < 4.78 is 0. The predicted octanol–water partition coefficient (Wildman–Crippen LogP) is 5.23. The Hall–Kier alpha value is -3.78. The van der Waals surface area contributed by atoms with Gasteiger partial charge in [0.1, 0.15) is 0 Å². The summed E-state index contributed by atoms with van der Waals surface area (Å²) >= 11 is 0. The number of hydrogen-bond acceptors (Lipinski definition) is 4. The Morgan fingerprint density at radius 1 is 0.840 bits per heavy atom. The van der Waals surface area contributed by atoms with Crippen molar-refractivity contribution in [2.75, 3.05) is 5.32 Å². The van der Waals surface area contributed by atoms with Crippen LogP contribution in [0.25, 0.3) is 0 Å². The number of benzene rings is 3. The number of nitrogens with one attached hydrogen (secondary N) is 1. The number of nitriles is 1. The maximum Gasteiger partial charge on any atom is 0.255 e. The van der Waals surface area contributed by atoms with E-state index >= 15 is 0 Å².